The lowest BCUT2D eigenvalue weighted by atomic mass is 9.80. The third-order valence-electron chi connectivity index (χ3n) is 6.66. The molecule has 0 atom stereocenters. The molecule has 31 heavy (non-hydrogen) atoms. The van der Waals surface area contributed by atoms with Crippen LogP contribution in [0.3, 0.4) is 0 Å². The number of hydrogen-bond acceptors (Lipinski definition) is 4. The molecule has 166 valence electrons. The van der Waals surface area contributed by atoms with E-state index in [-0.39, 0.29) is 17.3 Å². The van der Waals surface area contributed by atoms with E-state index in [0.717, 1.165) is 49.2 Å². The molecule has 2 aromatic carbocycles. The van der Waals surface area contributed by atoms with Gasteiger partial charge in [0.1, 0.15) is 11.6 Å². The second-order valence-corrected chi connectivity index (χ2v) is 8.74. The van der Waals surface area contributed by atoms with Gasteiger partial charge in [-0.2, -0.15) is 0 Å². The summed E-state index contributed by atoms with van der Waals surface area (Å²) in [5.74, 6) is 0.755. The van der Waals surface area contributed by atoms with E-state index in [2.05, 4.69) is 17.0 Å². The lowest BCUT2D eigenvalue weighted by Gasteiger charge is -2.55. The van der Waals surface area contributed by atoms with Crippen molar-refractivity contribution in [1.29, 1.82) is 0 Å². The number of likely N-dealkylation sites (tertiary alicyclic amines) is 1. The largest absolute Gasteiger partial charge is 0.494 e. The third-order valence-corrected chi connectivity index (χ3v) is 6.66. The molecule has 0 radical (unpaired) electrons. The number of hydrazine groups is 1. The Hall–Kier alpha value is -2.44. The van der Waals surface area contributed by atoms with Crippen LogP contribution in [0.2, 0.25) is 0 Å². The van der Waals surface area contributed by atoms with Gasteiger partial charge in [0.25, 0.3) is 0 Å². The summed E-state index contributed by atoms with van der Waals surface area (Å²) >= 11 is 0. The average molecular weight is 426 g/mol. The first kappa shape index (κ1) is 21.8. The molecule has 2 heterocycles. The SMILES string of the molecule is CCOc1ccc(CN2C(=O)CCC3(CCN(C)CC3)N2Cc2ccc(F)cc2)cc1. The number of nitrogens with zero attached hydrogens (tertiary/aromatic N) is 3. The van der Waals surface area contributed by atoms with Crippen LogP contribution in [0.15, 0.2) is 48.5 Å². The molecule has 0 unspecified atom stereocenters. The zero-order valence-electron chi connectivity index (χ0n) is 18.5. The Morgan fingerprint density at radius 2 is 1.55 bits per heavy atom. The van der Waals surface area contributed by atoms with Gasteiger partial charge < -0.3 is 9.64 Å². The van der Waals surface area contributed by atoms with Crippen molar-refractivity contribution in [2.75, 3.05) is 26.7 Å². The van der Waals surface area contributed by atoms with Gasteiger partial charge in [-0.15, -0.1) is 0 Å². The average Bonchev–Trinajstić information content (AvgIpc) is 2.78. The molecule has 4 rings (SSSR count). The Bertz CT molecular complexity index is 877. The number of carbonyl (C=O) groups excluding carboxylic acids is 1. The van der Waals surface area contributed by atoms with Crippen LogP contribution in [0.25, 0.3) is 0 Å². The first-order chi connectivity index (χ1) is 15.0. The molecule has 0 aromatic heterocycles. The molecule has 1 amide bonds. The highest BCUT2D eigenvalue weighted by Gasteiger charge is 2.46. The molecule has 0 bridgehead atoms. The summed E-state index contributed by atoms with van der Waals surface area (Å²) in [6.45, 7) is 5.77. The molecular weight excluding hydrogens is 393 g/mol. The molecule has 0 aliphatic carbocycles. The number of rotatable bonds is 6. The maximum atomic E-state index is 13.5. The van der Waals surface area contributed by atoms with Crippen LogP contribution in [0.5, 0.6) is 5.75 Å². The van der Waals surface area contributed by atoms with Crippen LogP contribution in [-0.4, -0.2) is 53.1 Å². The van der Waals surface area contributed by atoms with Crippen molar-refractivity contribution in [2.45, 2.75) is 51.2 Å². The predicted molar refractivity (Wildman–Crippen MR) is 119 cm³/mol. The van der Waals surface area contributed by atoms with Gasteiger partial charge in [0.2, 0.25) is 5.91 Å². The number of hydrogen-bond donors (Lipinski definition) is 0. The maximum absolute atomic E-state index is 13.5. The molecule has 6 heteroatoms. The van der Waals surface area contributed by atoms with Crippen LogP contribution in [-0.2, 0) is 17.9 Å². The first-order valence-electron chi connectivity index (χ1n) is 11.2. The summed E-state index contributed by atoms with van der Waals surface area (Å²) in [6, 6.07) is 14.6. The Morgan fingerprint density at radius 1 is 0.935 bits per heavy atom. The maximum Gasteiger partial charge on any atom is 0.237 e. The molecule has 5 nitrogen and oxygen atoms in total. The zero-order valence-corrected chi connectivity index (χ0v) is 18.5. The van der Waals surface area contributed by atoms with Gasteiger partial charge in [-0.25, -0.2) is 9.40 Å². The van der Waals surface area contributed by atoms with Gasteiger partial charge in [-0.1, -0.05) is 24.3 Å². The van der Waals surface area contributed by atoms with Crippen LogP contribution in [0.1, 0.15) is 43.7 Å². The lowest BCUT2D eigenvalue weighted by molar-refractivity contribution is -0.191. The van der Waals surface area contributed by atoms with Gasteiger partial charge in [0, 0.05) is 18.5 Å². The van der Waals surface area contributed by atoms with Crippen molar-refractivity contribution >= 4 is 5.91 Å². The Kier molecular flexibility index (Phi) is 6.58. The van der Waals surface area contributed by atoms with Crippen molar-refractivity contribution in [1.82, 2.24) is 14.9 Å². The molecule has 1 spiro atoms. The van der Waals surface area contributed by atoms with E-state index >= 15 is 0 Å². The molecular formula is C25H32FN3O2. The van der Waals surface area contributed by atoms with E-state index in [4.69, 9.17) is 4.74 Å². The summed E-state index contributed by atoms with van der Waals surface area (Å²) in [5, 5.41) is 4.23. The number of benzene rings is 2. The van der Waals surface area contributed by atoms with Crippen molar-refractivity contribution < 1.29 is 13.9 Å². The normalized spacial score (nSPS) is 19.7. The molecule has 2 aliphatic heterocycles. The fraction of sp³-hybridized carbons (Fsp3) is 0.480. The molecule has 2 fully saturated rings. The second-order valence-electron chi connectivity index (χ2n) is 8.74. The van der Waals surface area contributed by atoms with Gasteiger partial charge in [-0.05, 0) is 81.7 Å². The molecule has 2 saturated heterocycles. The van der Waals surface area contributed by atoms with E-state index in [9.17, 15) is 9.18 Å². The Labute approximate surface area is 184 Å². The standard InChI is InChI=1S/C25H32FN3O2/c1-3-31-23-10-6-20(7-11-23)18-28-24(30)12-13-25(14-16-27(2)17-15-25)29(28)19-21-4-8-22(26)9-5-21/h4-11H,3,12-19H2,1-2H3. The minimum absolute atomic E-state index is 0.0416. The van der Waals surface area contributed by atoms with Crippen LogP contribution < -0.4 is 4.74 Å². The highest BCUT2D eigenvalue weighted by molar-refractivity contribution is 5.76. The quantitative estimate of drug-likeness (QED) is 0.694. The fourth-order valence-electron chi connectivity index (χ4n) is 4.75. The van der Waals surface area contributed by atoms with Crippen molar-refractivity contribution in [3.8, 4) is 5.75 Å². The van der Waals surface area contributed by atoms with Gasteiger partial charge in [0.05, 0.1) is 13.2 Å². The monoisotopic (exact) mass is 425 g/mol. The van der Waals surface area contributed by atoms with Crippen molar-refractivity contribution in [3.05, 3.63) is 65.5 Å². The fourth-order valence-corrected chi connectivity index (χ4v) is 4.75. The van der Waals surface area contributed by atoms with Crippen molar-refractivity contribution in [2.24, 2.45) is 0 Å². The predicted octanol–water partition coefficient (Wildman–Crippen LogP) is 4.23. The number of ether oxygens (including phenoxy) is 1. The van der Waals surface area contributed by atoms with E-state index < -0.39 is 0 Å². The number of piperidine rings is 1. The van der Waals surface area contributed by atoms with E-state index in [1.54, 1.807) is 0 Å². The number of carbonyl (C=O) groups is 1. The Balaban J connectivity index is 1.62. The van der Waals surface area contributed by atoms with Crippen LogP contribution in [0.4, 0.5) is 4.39 Å². The summed E-state index contributed by atoms with van der Waals surface area (Å²) in [6.07, 6.45) is 3.50. The summed E-state index contributed by atoms with van der Waals surface area (Å²) in [7, 11) is 2.16. The molecule has 2 aliphatic rings. The molecule has 0 N–H and O–H groups in total. The molecule has 2 aromatic rings. The second kappa shape index (κ2) is 9.37. The van der Waals surface area contributed by atoms with Gasteiger partial charge in [-0.3, -0.25) is 9.80 Å². The lowest BCUT2D eigenvalue weighted by Crippen LogP contribution is -2.64. The van der Waals surface area contributed by atoms with Crippen LogP contribution >= 0.6 is 0 Å². The third kappa shape index (κ3) is 4.91. The van der Waals surface area contributed by atoms with E-state index in [1.807, 2.05) is 48.3 Å². The van der Waals surface area contributed by atoms with Gasteiger partial charge >= 0.3 is 0 Å². The summed E-state index contributed by atoms with van der Waals surface area (Å²) in [4.78, 5) is 15.5. The van der Waals surface area contributed by atoms with E-state index in [1.165, 1.54) is 12.1 Å². The number of halogens is 1. The summed E-state index contributed by atoms with van der Waals surface area (Å²) in [5.41, 5.74) is 2.05. The van der Waals surface area contributed by atoms with E-state index in [0.29, 0.717) is 26.1 Å². The number of amides is 1. The van der Waals surface area contributed by atoms with Gasteiger partial charge in [0.15, 0.2) is 0 Å². The smallest absolute Gasteiger partial charge is 0.237 e. The van der Waals surface area contributed by atoms with Crippen LogP contribution in [0, 0.1) is 5.82 Å². The minimum Gasteiger partial charge on any atom is -0.494 e. The van der Waals surface area contributed by atoms with Crippen molar-refractivity contribution in [3.63, 3.8) is 0 Å². The minimum atomic E-state index is -0.237. The molecule has 0 saturated carbocycles. The highest BCUT2D eigenvalue weighted by Crippen LogP contribution is 2.39. The highest BCUT2D eigenvalue weighted by atomic mass is 19.1. The Morgan fingerprint density at radius 3 is 2.19 bits per heavy atom. The topological polar surface area (TPSA) is 36.0 Å². The first-order valence-corrected chi connectivity index (χ1v) is 11.2. The zero-order chi connectivity index (χ0) is 21.8. The summed E-state index contributed by atoms with van der Waals surface area (Å²) < 4.78 is 19.0.